The number of furan rings is 1. The largest absolute Gasteiger partial charge is 0.479 e. The minimum atomic E-state index is -0.376. The third kappa shape index (κ3) is 4.01. The molecule has 3 heterocycles. The van der Waals surface area contributed by atoms with Crippen LogP contribution in [-0.4, -0.2) is 29.2 Å². The van der Waals surface area contributed by atoms with Crippen molar-refractivity contribution in [3.05, 3.63) is 54.7 Å². The van der Waals surface area contributed by atoms with Crippen LogP contribution in [0.4, 0.5) is 0 Å². The summed E-state index contributed by atoms with van der Waals surface area (Å²) in [6, 6.07) is 8.51. The van der Waals surface area contributed by atoms with E-state index in [9.17, 15) is 4.79 Å². The van der Waals surface area contributed by atoms with Crippen LogP contribution in [-0.2, 0) is 0 Å². The Balaban J connectivity index is 1.44. The highest BCUT2D eigenvalue weighted by molar-refractivity contribution is 5.93. The van der Waals surface area contributed by atoms with Crippen LogP contribution in [0.2, 0.25) is 0 Å². The molecule has 0 spiro atoms. The Labute approximate surface area is 137 Å². The molecule has 7 heteroatoms. The zero-order chi connectivity index (χ0) is 16.6. The van der Waals surface area contributed by atoms with Crippen molar-refractivity contribution in [1.29, 1.82) is 0 Å². The molecule has 0 atom stereocenters. The van der Waals surface area contributed by atoms with Crippen LogP contribution in [0.5, 0.6) is 5.75 Å². The molecule has 0 aromatic carbocycles. The Morgan fingerprint density at radius 1 is 1.25 bits per heavy atom. The van der Waals surface area contributed by atoms with E-state index in [4.69, 9.17) is 13.7 Å². The first-order chi connectivity index (χ1) is 11.8. The van der Waals surface area contributed by atoms with Crippen LogP contribution in [0.1, 0.15) is 10.5 Å². The van der Waals surface area contributed by atoms with Gasteiger partial charge in [-0.15, -0.1) is 0 Å². The monoisotopic (exact) mass is 323 g/mol. The molecular formula is C17H13N3O4. The first-order valence-electron chi connectivity index (χ1n) is 7.10. The van der Waals surface area contributed by atoms with Gasteiger partial charge in [0.05, 0.1) is 19.0 Å². The molecule has 3 rings (SSSR count). The molecule has 7 nitrogen and oxygen atoms in total. The summed E-state index contributed by atoms with van der Waals surface area (Å²) >= 11 is 0. The maximum atomic E-state index is 11.9. The fourth-order valence-electron chi connectivity index (χ4n) is 1.80. The maximum absolute atomic E-state index is 11.9. The lowest BCUT2D eigenvalue weighted by Gasteiger charge is -1.99. The van der Waals surface area contributed by atoms with Gasteiger partial charge >= 0.3 is 0 Å². The van der Waals surface area contributed by atoms with Gasteiger partial charge in [0, 0.05) is 12.3 Å². The standard InChI is InChI=1S/C17H13N3O4/c21-17(14-11-16(24-20-14)15-6-4-10-23-15)19-8-1-2-9-22-13-5-3-7-18-12-13/h3-7,10-12H,8-9H2,(H,19,21). The van der Waals surface area contributed by atoms with Crippen LogP contribution in [0.15, 0.2) is 57.9 Å². The smallest absolute Gasteiger partial charge is 0.274 e. The molecule has 0 radical (unpaired) electrons. The van der Waals surface area contributed by atoms with E-state index >= 15 is 0 Å². The molecule has 1 N–H and O–H groups in total. The molecule has 3 aromatic rings. The van der Waals surface area contributed by atoms with Gasteiger partial charge in [-0.1, -0.05) is 17.0 Å². The van der Waals surface area contributed by atoms with Crippen molar-refractivity contribution >= 4 is 5.91 Å². The molecule has 24 heavy (non-hydrogen) atoms. The number of amides is 1. The quantitative estimate of drug-likeness (QED) is 0.724. The average Bonchev–Trinajstić information content (AvgIpc) is 3.29. The number of rotatable bonds is 5. The fraction of sp³-hybridized carbons (Fsp3) is 0.118. The predicted molar refractivity (Wildman–Crippen MR) is 84.0 cm³/mol. The third-order valence-corrected chi connectivity index (χ3v) is 2.91. The highest BCUT2D eigenvalue weighted by Gasteiger charge is 2.14. The van der Waals surface area contributed by atoms with Crippen molar-refractivity contribution < 1.29 is 18.5 Å². The highest BCUT2D eigenvalue weighted by atomic mass is 16.5. The number of carbonyl (C=O) groups is 1. The third-order valence-electron chi connectivity index (χ3n) is 2.91. The normalized spacial score (nSPS) is 9.83. The van der Waals surface area contributed by atoms with Gasteiger partial charge in [0.1, 0.15) is 12.4 Å². The predicted octanol–water partition coefficient (Wildman–Crippen LogP) is 2.14. The summed E-state index contributed by atoms with van der Waals surface area (Å²) in [4.78, 5) is 15.8. The molecule has 3 aromatic heterocycles. The number of nitrogens with one attached hydrogen (secondary N) is 1. The first-order valence-corrected chi connectivity index (χ1v) is 7.10. The lowest BCUT2D eigenvalue weighted by atomic mass is 10.3. The lowest BCUT2D eigenvalue weighted by Crippen LogP contribution is -2.23. The van der Waals surface area contributed by atoms with E-state index in [-0.39, 0.29) is 24.8 Å². The molecule has 0 saturated carbocycles. The molecule has 0 aliphatic heterocycles. The molecule has 120 valence electrons. The summed E-state index contributed by atoms with van der Waals surface area (Å²) in [6.45, 7) is 0.395. The molecule has 1 amide bonds. The van der Waals surface area contributed by atoms with E-state index in [0.29, 0.717) is 17.3 Å². The summed E-state index contributed by atoms with van der Waals surface area (Å²) in [5.41, 5.74) is 0.162. The Morgan fingerprint density at radius 3 is 3.00 bits per heavy atom. The number of pyridine rings is 1. The number of hydrogen-bond acceptors (Lipinski definition) is 6. The van der Waals surface area contributed by atoms with E-state index < -0.39 is 0 Å². The van der Waals surface area contributed by atoms with Crippen molar-refractivity contribution in [2.24, 2.45) is 0 Å². The molecule has 0 unspecified atom stereocenters. The minimum absolute atomic E-state index is 0.162. The maximum Gasteiger partial charge on any atom is 0.274 e. The number of ether oxygens (including phenoxy) is 1. The topological polar surface area (TPSA) is 90.4 Å². The second-order valence-electron chi connectivity index (χ2n) is 4.57. The molecule has 0 bridgehead atoms. The van der Waals surface area contributed by atoms with Gasteiger partial charge in [-0.25, -0.2) is 0 Å². The minimum Gasteiger partial charge on any atom is -0.479 e. The lowest BCUT2D eigenvalue weighted by molar-refractivity contribution is 0.0949. The van der Waals surface area contributed by atoms with E-state index in [1.165, 1.54) is 12.3 Å². The molecular weight excluding hydrogens is 310 g/mol. The van der Waals surface area contributed by atoms with Crippen LogP contribution < -0.4 is 10.1 Å². The zero-order valence-electron chi connectivity index (χ0n) is 12.6. The van der Waals surface area contributed by atoms with Gasteiger partial charge in [0.2, 0.25) is 5.76 Å². The van der Waals surface area contributed by atoms with E-state index in [1.807, 2.05) is 0 Å². The van der Waals surface area contributed by atoms with Crippen molar-refractivity contribution in [3.8, 4) is 29.1 Å². The second-order valence-corrected chi connectivity index (χ2v) is 4.57. The van der Waals surface area contributed by atoms with Crippen LogP contribution in [0, 0.1) is 11.8 Å². The Bertz CT molecular complexity index is 845. The Kier molecular flexibility index (Phi) is 4.90. The van der Waals surface area contributed by atoms with Gasteiger partial charge in [-0.2, -0.15) is 0 Å². The first kappa shape index (κ1) is 15.4. The molecule has 0 aliphatic rings. The number of carbonyl (C=O) groups excluding carboxylic acids is 1. The van der Waals surface area contributed by atoms with Crippen molar-refractivity contribution in [2.75, 3.05) is 13.2 Å². The highest BCUT2D eigenvalue weighted by Crippen LogP contribution is 2.20. The number of nitrogens with zero attached hydrogens (tertiary/aromatic N) is 2. The SMILES string of the molecule is O=C(NCC#CCOc1cccnc1)c1cc(-c2ccco2)on1. The van der Waals surface area contributed by atoms with Crippen LogP contribution in [0.25, 0.3) is 11.5 Å². The Morgan fingerprint density at radius 2 is 2.21 bits per heavy atom. The van der Waals surface area contributed by atoms with Gasteiger partial charge in [-0.3, -0.25) is 9.78 Å². The molecule has 0 aliphatic carbocycles. The van der Waals surface area contributed by atoms with Crippen molar-refractivity contribution in [3.63, 3.8) is 0 Å². The van der Waals surface area contributed by atoms with Gasteiger partial charge in [0.15, 0.2) is 11.5 Å². The van der Waals surface area contributed by atoms with E-state index in [2.05, 4.69) is 27.3 Å². The summed E-state index contributed by atoms with van der Waals surface area (Å²) < 4.78 is 15.6. The number of aromatic nitrogens is 2. The van der Waals surface area contributed by atoms with E-state index in [0.717, 1.165) is 0 Å². The summed E-state index contributed by atoms with van der Waals surface area (Å²) in [5.74, 6) is 6.75. The van der Waals surface area contributed by atoms with Gasteiger partial charge < -0.3 is 19.0 Å². The number of hydrogen-bond donors (Lipinski definition) is 1. The fourth-order valence-corrected chi connectivity index (χ4v) is 1.80. The van der Waals surface area contributed by atoms with Crippen molar-refractivity contribution in [1.82, 2.24) is 15.5 Å². The zero-order valence-corrected chi connectivity index (χ0v) is 12.6. The van der Waals surface area contributed by atoms with Gasteiger partial charge in [0.25, 0.3) is 5.91 Å². The molecule has 0 saturated heterocycles. The van der Waals surface area contributed by atoms with Gasteiger partial charge in [-0.05, 0) is 24.3 Å². The molecule has 0 fully saturated rings. The summed E-state index contributed by atoms with van der Waals surface area (Å²) in [6.07, 6.45) is 4.78. The van der Waals surface area contributed by atoms with Crippen LogP contribution in [0.3, 0.4) is 0 Å². The van der Waals surface area contributed by atoms with E-state index in [1.54, 1.807) is 36.7 Å². The summed E-state index contributed by atoms with van der Waals surface area (Å²) in [7, 11) is 0. The summed E-state index contributed by atoms with van der Waals surface area (Å²) in [5, 5.41) is 6.32. The Hall–Kier alpha value is -3.53. The van der Waals surface area contributed by atoms with Crippen LogP contribution >= 0.6 is 0 Å². The van der Waals surface area contributed by atoms with Crippen molar-refractivity contribution in [2.45, 2.75) is 0 Å². The second kappa shape index (κ2) is 7.65. The average molecular weight is 323 g/mol.